The third-order valence-corrected chi connectivity index (χ3v) is 4.00. The van der Waals surface area contributed by atoms with Gasteiger partial charge in [0.25, 0.3) is 0 Å². The maximum Gasteiger partial charge on any atom is 0.105 e. The van der Waals surface area contributed by atoms with Gasteiger partial charge < -0.3 is 9.84 Å². The minimum Gasteiger partial charge on any atom is -0.389 e. The molecule has 134 valence electrons. The summed E-state index contributed by atoms with van der Waals surface area (Å²) < 4.78 is 6.69. The normalized spacial score (nSPS) is 12.0. The molecule has 1 heterocycles. The number of benzene rings is 2. The van der Waals surface area contributed by atoms with E-state index < -0.39 is 6.10 Å². The van der Waals surface area contributed by atoms with Gasteiger partial charge >= 0.3 is 0 Å². The quantitative estimate of drug-likeness (QED) is 0.665. The van der Waals surface area contributed by atoms with E-state index in [4.69, 9.17) is 9.73 Å². The van der Waals surface area contributed by atoms with Crippen LogP contribution < -0.4 is 0 Å². The van der Waals surface area contributed by atoms with E-state index in [1.54, 1.807) is 11.8 Å². The van der Waals surface area contributed by atoms with Crippen LogP contribution in [0.4, 0.5) is 5.69 Å². The van der Waals surface area contributed by atoms with Crippen LogP contribution in [0.1, 0.15) is 16.8 Å². The van der Waals surface area contributed by atoms with Crippen LogP contribution in [0.15, 0.2) is 71.9 Å². The molecule has 5 nitrogen and oxygen atoms in total. The van der Waals surface area contributed by atoms with Gasteiger partial charge in [-0.3, -0.25) is 4.68 Å². The number of rotatable bonds is 7. The molecule has 0 aliphatic heterocycles. The number of aryl methyl sites for hydroxylation is 1. The molecule has 1 N–H and O–H groups in total. The van der Waals surface area contributed by atoms with Gasteiger partial charge in [0, 0.05) is 18.2 Å². The summed E-state index contributed by atoms with van der Waals surface area (Å²) in [6, 6.07) is 20.2. The number of methoxy groups -OCH3 is 1. The molecular formula is C21H23N3O2. The lowest BCUT2D eigenvalue weighted by Crippen LogP contribution is -2.21. The molecular weight excluding hydrogens is 326 g/mol. The second-order valence-corrected chi connectivity index (χ2v) is 6.12. The molecule has 1 aromatic heterocycles. The van der Waals surface area contributed by atoms with Gasteiger partial charge in [-0.25, -0.2) is 4.99 Å². The molecule has 0 radical (unpaired) electrons. The van der Waals surface area contributed by atoms with Gasteiger partial charge in [-0.15, -0.1) is 0 Å². The lowest BCUT2D eigenvalue weighted by Gasteiger charge is -2.08. The zero-order chi connectivity index (χ0) is 18.4. The highest BCUT2D eigenvalue weighted by Crippen LogP contribution is 2.21. The van der Waals surface area contributed by atoms with Crippen molar-refractivity contribution in [3.05, 3.63) is 83.7 Å². The zero-order valence-electron chi connectivity index (χ0n) is 15.0. The molecule has 3 aromatic rings. The Morgan fingerprint density at radius 2 is 1.65 bits per heavy atom. The summed E-state index contributed by atoms with van der Waals surface area (Å²) >= 11 is 0. The van der Waals surface area contributed by atoms with Gasteiger partial charge in [-0.05, 0) is 6.92 Å². The second kappa shape index (κ2) is 8.56. The van der Waals surface area contributed by atoms with Crippen molar-refractivity contribution in [1.82, 2.24) is 9.78 Å². The maximum absolute atomic E-state index is 9.92. The molecule has 0 saturated heterocycles. The number of aliphatic imine (C=N–C) groups is 1. The van der Waals surface area contributed by atoms with Crippen molar-refractivity contribution < 1.29 is 9.84 Å². The van der Waals surface area contributed by atoms with Crippen LogP contribution >= 0.6 is 0 Å². The first-order valence-electron chi connectivity index (χ1n) is 8.58. The van der Waals surface area contributed by atoms with E-state index in [9.17, 15) is 5.11 Å². The fourth-order valence-electron chi connectivity index (χ4n) is 2.78. The van der Waals surface area contributed by atoms with Crippen LogP contribution in [0.25, 0.3) is 0 Å². The molecule has 3 rings (SSSR count). The van der Waals surface area contributed by atoms with Crippen molar-refractivity contribution in [1.29, 1.82) is 0 Å². The van der Waals surface area contributed by atoms with Crippen LogP contribution in [-0.2, 0) is 11.3 Å². The summed E-state index contributed by atoms with van der Waals surface area (Å²) in [7, 11) is 1.57. The van der Waals surface area contributed by atoms with Gasteiger partial charge in [0.15, 0.2) is 0 Å². The number of aliphatic hydroxyl groups excluding tert-OH is 1. The minimum atomic E-state index is -0.598. The second-order valence-electron chi connectivity index (χ2n) is 6.12. The van der Waals surface area contributed by atoms with Crippen LogP contribution in [0.2, 0.25) is 0 Å². The summed E-state index contributed by atoms with van der Waals surface area (Å²) in [5, 5.41) is 14.4. The van der Waals surface area contributed by atoms with E-state index in [1.165, 1.54) is 0 Å². The van der Waals surface area contributed by atoms with Gasteiger partial charge in [0.05, 0.1) is 36.9 Å². The summed E-state index contributed by atoms with van der Waals surface area (Å²) in [6.45, 7) is 2.57. The summed E-state index contributed by atoms with van der Waals surface area (Å²) in [5.41, 5.74) is 4.60. The minimum absolute atomic E-state index is 0.275. The number of hydrogen-bond acceptors (Lipinski definition) is 4. The Morgan fingerprint density at radius 3 is 2.19 bits per heavy atom. The summed E-state index contributed by atoms with van der Waals surface area (Å²) in [6.07, 6.45) is 1.26. The molecule has 0 bridgehead atoms. The first-order chi connectivity index (χ1) is 12.7. The van der Waals surface area contributed by atoms with Crippen molar-refractivity contribution in [3.8, 4) is 0 Å². The smallest absolute Gasteiger partial charge is 0.105 e. The lowest BCUT2D eigenvalue weighted by molar-refractivity contribution is 0.0513. The molecule has 2 aromatic carbocycles. The molecule has 0 aliphatic rings. The first-order valence-corrected chi connectivity index (χ1v) is 8.58. The third-order valence-electron chi connectivity index (χ3n) is 4.00. The Balaban J connectivity index is 1.97. The molecule has 26 heavy (non-hydrogen) atoms. The average Bonchev–Trinajstić information content (AvgIpc) is 3.00. The molecule has 0 saturated carbocycles. The lowest BCUT2D eigenvalue weighted by atomic mass is 10.0. The van der Waals surface area contributed by atoms with E-state index in [-0.39, 0.29) is 6.61 Å². The van der Waals surface area contributed by atoms with Crippen LogP contribution in [0.3, 0.4) is 0 Å². The van der Waals surface area contributed by atoms with Crippen LogP contribution in [0, 0.1) is 6.92 Å². The Morgan fingerprint density at radius 1 is 1.08 bits per heavy atom. The highest BCUT2D eigenvalue weighted by Gasteiger charge is 2.12. The van der Waals surface area contributed by atoms with Crippen LogP contribution in [0.5, 0.6) is 0 Å². The maximum atomic E-state index is 9.92. The zero-order valence-corrected chi connectivity index (χ0v) is 15.0. The Kier molecular flexibility index (Phi) is 5.94. The first kappa shape index (κ1) is 18.0. The van der Waals surface area contributed by atoms with Crippen molar-refractivity contribution in [3.63, 3.8) is 0 Å². The molecule has 5 heteroatoms. The van der Waals surface area contributed by atoms with E-state index in [2.05, 4.69) is 5.10 Å². The topological polar surface area (TPSA) is 59.6 Å². The van der Waals surface area contributed by atoms with E-state index in [0.29, 0.717) is 6.54 Å². The van der Waals surface area contributed by atoms with E-state index in [0.717, 1.165) is 28.2 Å². The van der Waals surface area contributed by atoms with Crippen molar-refractivity contribution in [2.45, 2.75) is 19.6 Å². The molecule has 0 fully saturated rings. The van der Waals surface area contributed by atoms with E-state index in [1.807, 2.05) is 73.8 Å². The monoisotopic (exact) mass is 349 g/mol. The van der Waals surface area contributed by atoms with E-state index >= 15 is 0 Å². The van der Waals surface area contributed by atoms with Gasteiger partial charge in [-0.2, -0.15) is 5.10 Å². The van der Waals surface area contributed by atoms with Gasteiger partial charge in [0.1, 0.15) is 5.69 Å². The number of aliphatic hydroxyl groups is 1. The standard InChI is InChI=1S/C21H23N3O2/c1-16-20(14-24(23-16)13-19(25)15-26-2)22-21(17-9-5-3-6-10-17)18-11-7-4-8-12-18/h3-12,14,19,25H,13,15H2,1-2H3. The van der Waals surface area contributed by atoms with Crippen LogP contribution in [-0.4, -0.2) is 40.4 Å². The molecule has 0 aliphatic carbocycles. The molecule has 1 unspecified atom stereocenters. The number of hydrogen-bond donors (Lipinski definition) is 1. The SMILES string of the molecule is COCC(O)Cn1cc(N=C(c2ccccc2)c2ccccc2)c(C)n1. The average molecular weight is 349 g/mol. The highest BCUT2D eigenvalue weighted by molar-refractivity contribution is 6.13. The number of ether oxygens (including phenoxy) is 1. The fraction of sp³-hybridized carbons (Fsp3) is 0.238. The summed E-state index contributed by atoms with van der Waals surface area (Å²) in [4.78, 5) is 4.89. The van der Waals surface area contributed by atoms with Crippen molar-refractivity contribution >= 4 is 11.4 Å². The summed E-state index contributed by atoms with van der Waals surface area (Å²) in [5.74, 6) is 0. The van der Waals surface area contributed by atoms with Crippen molar-refractivity contribution in [2.24, 2.45) is 4.99 Å². The Bertz CT molecular complexity index is 816. The number of nitrogens with zero attached hydrogens (tertiary/aromatic N) is 3. The predicted octanol–water partition coefficient (Wildman–Crippen LogP) is 3.37. The van der Waals surface area contributed by atoms with Crippen molar-refractivity contribution in [2.75, 3.05) is 13.7 Å². The van der Waals surface area contributed by atoms with Gasteiger partial charge in [-0.1, -0.05) is 60.7 Å². The fourth-order valence-corrected chi connectivity index (χ4v) is 2.78. The third kappa shape index (κ3) is 4.45. The predicted molar refractivity (Wildman–Crippen MR) is 103 cm³/mol. The number of aromatic nitrogens is 2. The largest absolute Gasteiger partial charge is 0.389 e. The molecule has 1 atom stereocenters. The highest BCUT2D eigenvalue weighted by atomic mass is 16.5. The van der Waals surface area contributed by atoms with Gasteiger partial charge in [0.2, 0.25) is 0 Å². The molecule has 0 amide bonds. The Hall–Kier alpha value is -2.76. The molecule has 0 spiro atoms. The Labute approximate surface area is 153 Å².